The zero-order valence-corrected chi connectivity index (χ0v) is 9.72. The number of hydrogen-bond donors (Lipinski definition) is 0. The van der Waals surface area contributed by atoms with Crippen molar-refractivity contribution >= 4 is 23.4 Å². The lowest BCUT2D eigenvalue weighted by Crippen LogP contribution is -2.43. The van der Waals surface area contributed by atoms with Crippen molar-refractivity contribution in [3.8, 4) is 0 Å². The SMILES string of the molecule is CCCSc1cccc(N2CCC2=O)c1. The molecule has 80 valence electrons. The maximum Gasteiger partial charge on any atom is 0.228 e. The minimum absolute atomic E-state index is 0.243. The molecule has 0 aliphatic carbocycles. The summed E-state index contributed by atoms with van der Waals surface area (Å²) in [5, 5.41) is 0. The fourth-order valence-electron chi connectivity index (χ4n) is 1.55. The van der Waals surface area contributed by atoms with Crippen LogP contribution in [-0.4, -0.2) is 18.2 Å². The van der Waals surface area contributed by atoms with Gasteiger partial charge in [-0.05, 0) is 30.4 Å². The van der Waals surface area contributed by atoms with E-state index in [1.54, 1.807) is 0 Å². The third-order valence-electron chi connectivity index (χ3n) is 2.45. The van der Waals surface area contributed by atoms with Gasteiger partial charge < -0.3 is 4.90 Å². The van der Waals surface area contributed by atoms with Gasteiger partial charge in [-0.15, -0.1) is 11.8 Å². The number of anilines is 1. The van der Waals surface area contributed by atoms with Crippen LogP contribution in [0, 0.1) is 0 Å². The first-order valence-electron chi connectivity index (χ1n) is 5.34. The number of carbonyl (C=O) groups is 1. The van der Waals surface area contributed by atoms with Crippen LogP contribution >= 0.6 is 11.8 Å². The maximum atomic E-state index is 11.3. The molecular formula is C12H15NOS. The molecule has 15 heavy (non-hydrogen) atoms. The molecule has 0 atom stereocenters. The lowest BCUT2D eigenvalue weighted by Gasteiger charge is -2.30. The van der Waals surface area contributed by atoms with Crippen molar-refractivity contribution in [3.63, 3.8) is 0 Å². The topological polar surface area (TPSA) is 20.3 Å². The number of benzene rings is 1. The molecule has 0 radical (unpaired) electrons. The Morgan fingerprint density at radius 3 is 2.93 bits per heavy atom. The summed E-state index contributed by atoms with van der Waals surface area (Å²) in [6.07, 6.45) is 1.88. The highest BCUT2D eigenvalue weighted by Crippen LogP contribution is 2.27. The second-order valence-electron chi connectivity index (χ2n) is 3.64. The van der Waals surface area contributed by atoms with E-state index >= 15 is 0 Å². The van der Waals surface area contributed by atoms with Crippen LogP contribution in [0.2, 0.25) is 0 Å². The minimum atomic E-state index is 0.243. The summed E-state index contributed by atoms with van der Waals surface area (Å²) in [7, 11) is 0. The molecule has 1 amide bonds. The Kier molecular flexibility index (Phi) is 3.31. The van der Waals surface area contributed by atoms with Crippen LogP contribution in [0.25, 0.3) is 0 Å². The third-order valence-corrected chi connectivity index (χ3v) is 3.65. The molecule has 1 aliphatic heterocycles. The largest absolute Gasteiger partial charge is 0.312 e. The lowest BCUT2D eigenvalue weighted by molar-refractivity contribution is -0.122. The normalized spacial score (nSPS) is 15.3. The number of nitrogens with zero attached hydrogens (tertiary/aromatic N) is 1. The summed E-state index contributed by atoms with van der Waals surface area (Å²) in [5.74, 6) is 1.38. The molecule has 1 aromatic carbocycles. The quantitative estimate of drug-likeness (QED) is 0.575. The van der Waals surface area contributed by atoms with Crippen LogP contribution in [0.5, 0.6) is 0 Å². The van der Waals surface area contributed by atoms with E-state index in [1.807, 2.05) is 28.8 Å². The van der Waals surface area contributed by atoms with Crippen LogP contribution < -0.4 is 4.90 Å². The lowest BCUT2D eigenvalue weighted by atomic mass is 10.1. The van der Waals surface area contributed by atoms with Crippen molar-refractivity contribution in [3.05, 3.63) is 24.3 Å². The average Bonchev–Trinajstić information content (AvgIpc) is 2.25. The molecule has 3 heteroatoms. The van der Waals surface area contributed by atoms with E-state index in [1.165, 1.54) is 11.3 Å². The van der Waals surface area contributed by atoms with Crippen LogP contribution in [0.4, 0.5) is 5.69 Å². The van der Waals surface area contributed by atoms with E-state index in [4.69, 9.17) is 0 Å². The maximum absolute atomic E-state index is 11.3. The highest BCUT2D eigenvalue weighted by atomic mass is 32.2. The fraction of sp³-hybridized carbons (Fsp3) is 0.417. The van der Waals surface area contributed by atoms with Crippen molar-refractivity contribution in [2.75, 3.05) is 17.2 Å². The van der Waals surface area contributed by atoms with Gasteiger partial charge in [-0.3, -0.25) is 4.79 Å². The van der Waals surface area contributed by atoms with Gasteiger partial charge in [-0.1, -0.05) is 13.0 Å². The number of thioether (sulfide) groups is 1. The molecule has 0 spiro atoms. The zero-order chi connectivity index (χ0) is 10.7. The molecule has 2 nitrogen and oxygen atoms in total. The van der Waals surface area contributed by atoms with Gasteiger partial charge in [0.25, 0.3) is 0 Å². The van der Waals surface area contributed by atoms with Crippen molar-refractivity contribution in [2.24, 2.45) is 0 Å². The highest BCUT2D eigenvalue weighted by Gasteiger charge is 2.24. The molecule has 0 aromatic heterocycles. The van der Waals surface area contributed by atoms with Gasteiger partial charge in [0, 0.05) is 23.5 Å². The summed E-state index contributed by atoms with van der Waals surface area (Å²) < 4.78 is 0. The van der Waals surface area contributed by atoms with Crippen LogP contribution in [0.15, 0.2) is 29.2 Å². The fourth-order valence-corrected chi connectivity index (χ4v) is 2.37. The Morgan fingerprint density at radius 1 is 1.47 bits per heavy atom. The molecule has 1 saturated heterocycles. The molecule has 1 fully saturated rings. The summed E-state index contributed by atoms with van der Waals surface area (Å²) in [4.78, 5) is 14.4. The molecular weight excluding hydrogens is 206 g/mol. The summed E-state index contributed by atoms with van der Waals surface area (Å²) in [6, 6.07) is 8.25. The van der Waals surface area contributed by atoms with E-state index in [0.717, 1.165) is 18.0 Å². The second-order valence-corrected chi connectivity index (χ2v) is 4.81. The summed E-state index contributed by atoms with van der Waals surface area (Å²) in [5.41, 5.74) is 1.05. The van der Waals surface area contributed by atoms with Crippen LogP contribution in [0.3, 0.4) is 0 Å². The smallest absolute Gasteiger partial charge is 0.228 e. The number of amides is 1. The van der Waals surface area contributed by atoms with Gasteiger partial charge in [0.05, 0.1) is 0 Å². The molecule has 1 aromatic rings. The Balaban J connectivity index is 2.08. The average molecular weight is 221 g/mol. The monoisotopic (exact) mass is 221 g/mol. The van der Waals surface area contributed by atoms with E-state index in [-0.39, 0.29) is 5.91 Å². The Hall–Kier alpha value is -0.960. The first kappa shape index (κ1) is 10.6. The molecule has 0 bridgehead atoms. The number of hydrogen-bond acceptors (Lipinski definition) is 2. The van der Waals surface area contributed by atoms with E-state index in [9.17, 15) is 4.79 Å². The van der Waals surface area contributed by atoms with Gasteiger partial charge >= 0.3 is 0 Å². The van der Waals surface area contributed by atoms with Crippen molar-refractivity contribution in [1.29, 1.82) is 0 Å². The van der Waals surface area contributed by atoms with Gasteiger partial charge in [0.2, 0.25) is 5.91 Å². The zero-order valence-electron chi connectivity index (χ0n) is 8.90. The molecule has 0 N–H and O–H groups in total. The Bertz CT molecular complexity index is 364. The predicted molar refractivity (Wildman–Crippen MR) is 64.4 cm³/mol. The van der Waals surface area contributed by atoms with Gasteiger partial charge in [-0.2, -0.15) is 0 Å². The molecule has 0 unspecified atom stereocenters. The van der Waals surface area contributed by atoms with Crippen molar-refractivity contribution < 1.29 is 4.79 Å². The standard InChI is InChI=1S/C12H15NOS/c1-2-8-15-11-5-3-4-10(9-11)13-7-6-12(13)14/h3-5,9H,2,6-8H2,1H3. The molecule has 1 heterocycles. The van der Waals surface area contributed by atoms with Crippen LogP contribution in [0.1, 0.15) is 19.8 Å². The third kappa shape index (κ3) is 2.34. The molecule has 1 aliphatic rings. The minimum Gasteiger partial charge on any atom is -0.312 e. The number of β-lactam (4-membered cyclic amide) rings is 1. The van der Waals surface area contributed by atoms with Gasteiger partial charge in [0.15, 0.2) is 0 Å². The van der Waals surface area contributed by atoms with Crippen molar-refractivity contribution in [2.45, 2.75) is 24.7 Å². The van der Waals surface area contributed by atoms with E-state index in [0.29, 0.717) is 6.42 Å². The van der Waals surface area contributed by atoms with Crippen LogP contribution in [-0.2, 0) is 4.79 Å². The number of carbonyl (C=O) groups excluding carboxylic acids is 1. The van der Waals surface area contributed by atoms with E-state index in [2.05, 4.69) is 19.1 Å². The van der Waals surface area contributed by atoms with Gasteiger partial charge in [-0.25, -0.2) is 0 Å². The predicted octanol–water partition coefficient (Wildman–Crippen LogP) is 2.93. The Labute approximate surface area is 94.7 Å². The highest BCUT2D eigenvalue weighted by molar-refractivity contribution is 7.99. The summed E-state index contributed by atoms with van der Waals surface area (Å²) >= 11 is 1.85. The van der Waals surface area contributed by atoms with Crippen molar-refractivity contribution in [1.82, 2.24) is 0 Å². The molecule has 0 saturated carbocycles. The first-order chi connectivity index (χ1) is 7.31. The second kappa shape index (κ2) is 4.71. The molecule has 2 rings (SSSR count). The van der Waals surface area contributed by atoms with E-state index < -0.39 is 0 Å². The number of rotatable bonds is 4. The van der Waals surface area contributed by atoms with Gasteiger partial charge in [0.1, 0.15) is 0 Å². The first-order valence-corrected chi connectivity index (χ1v) is 6.33. The Morgan fingerprint density at radius 2 is 2.33 bits per heavy atom. The summed E-state index contributed by atoms with van der Waals surface area (Å²) in [6.45, 7) is 3.05.